The summed E-state index contributed by atoms with van der Waals surface area (Å²) in [7, 11) is -5.10. The number of aromatic nitrogens is 1. The van der Waals surface area contributed by atoms with E-state index >= 15 is 0 Å². The second kappa shape index (κ2) is 17.8. The molecule has 4 aromatic rings. The van der Waals surface area contributed by atoms with Crippen LogP contribution in [0.15, 0.2) is 72.8 Å². The predicted molar refractivity (Wildman–Crippen MR) is 197 cm³/mol. The first-order valence-corrected chi connectivity index (χ1v) is 20.6. The van der Waals surface area contributed by atoms with Crippen LogP contribution in [0.3, 0.4) is 0 Å². The molecule has 51 heavy (non-hydrogen) atoms. The number of pyridine rings is 1. The molecule has 3 aromatic carbocycles. The number of ketones is 1. The zero-order valence-electron chi connectivity index (χ0n) is 29.5. The first kappa shape index (κ1) is 40.2. The molecular formula is C36H46F3N5O5P2. The second-order valence-corrected chi connectivity index (χ2v) is 16.8. The highest BCUT2D eigenvalue weighted by atomic mass is 31.2. The van der Waals surface area contributed by atoms with Gasteiger partial charge in [-0.25, -0.2) is 4.98 Å². The molecule has 0 saturated carbocycles. The van der Waals surface area contributed by atoms with E-state index in [0.29, 0.717) is 65.4 Å². The number of rotatable bonds is 19. The Morgan fingerprint density at radius 3 is 1.90 bits per heavy atom. The Bertz CT molecular complexity index is 1850. The molecule has 1 unspecified atom stereocenters. The van der Waals surface area contributed by atoms with Crippen LogP contribution in [-0.2, 0) is 15.3 Å². The van der Waals surface area contributed by atoms with Crippen LogP contribution in [0.2, 0.25) is 0 Å². The number of alkyl halides is 3. The zero-order valence-corrected chi connectivity index (χ0v) is 31.3. The van der Waals surface area contributed by atoms with Crippen molar-refractivity contribution in [1.82, 2.24) is 25.3 Å². The van der Waals surface area contributed by atoms with Gasteiger partial charge in [-0.15, -0.1) is 0 Å². The number of hydrogen-bond acceptors (Lipinski definition) is 6. The van der Waals surface area contributed by atoms with Gasteiger partial charge >= 0.3 is 6.18 Å². The first-order valence-electron chi connectivity index (χ1n) is 16.9. The summed E-state index contributed by atoms with van der Waals surface area (Å²) < 4.78 is 78.7. The summed E-state index contributed by atoms with van der Waals surface area (Å²) in [5.74, 6) is 0.726. The lowest BCUT2D eigenvalue weighted by Crippen LogP contribution is -2.32. The minimum absolute atomic E-state index is 0.00910. The Labute approximate surface area is 297 Å². The molecule has 10 nitrogen and oxygen atoms in total. The lowest BCUT2D eigenvalue weighted by Gasteiger charge is -2.32. The predicted octanol–water partition coefficient (Wildman–Crippen LogP) is 8.45. The molecule has 0 bridgehead atoms. The van der Waals surface area contributed by atoms with Gasteiger partial charge in [0, 0.05) is 23.5 Å². The van der Waals surface area contributed by atoms with Crippen molar-refractivity contribution >= 4 is 31.6 Å². The fourth-order valence-electron chi connectivity index (χ4n) is 5.81. The molecule has 15 heteroatoms. The van der Waals surface area contributed by atoms with Crippen molar-refractivity contribution in [3.63, 3.8) is 0 Å². The standard InChI is InChI=1S/C36H46F3N5O5P2/c1-6-40-50(46,41-7-2)24-34(51(47,42-8-3)43-9-4)35-33(48-5)23-28-22-27(14-19-31(28)44-35)32(45)20-21-49-30-17-12-26(13-18-30)25-10-15-29(16-11-25)36(37,38)39/h10-19,22-23,34H,6-9,20-21,24H2,1-5H3,(H2,40,41,46)(H2,42,43,47). The average Bonchev–Trinajstić information content (AvgIpc) is 3.10. The maximum atomic E-state index is 14.5. The van der Waals surface area contributed by atoms with E-state index in [1.165, 1.54) is 19.2 Å². The summed E-state index contributed by atoms with van der Waals surface area (Å²) in [6, 6.07) is 18.7. The highest BCUT2D eigenvalue weighted by Crippen LogP contribution is 2.59. The van der Waals surface area contributed by atoms with Gasteiger partial charge in [0.1, 0.15) is 11.5 Å². The van der Waals surface area contributed by atoms with Crippen LogP contribution in [0.25, 0.3) is 22.0 Å². The number of nitrogens with zero attached hydrogens (tertiary/aromatic N) is 1. The molecule has 0 saturated heterocycles. The molecule has 0 spiro atoms. The number of methoxy groups -OCH3 is 1. The fraction of sp³-hybridized carbons (Fsp3) is 0.389. The van der Waals surface area contributed by atoms with Gasteiger partial charge < -0.3 is 9.47 Å². The van der Waals surface area contributed by atoms with Gasteiger partial charge in [0.25, 0.3) is 0 Å². The molecule has 0 radical (unpaired) electrons. The Morgan fingerprint density at radius 1 is 0.804 bits per heavy atom. The first-order chi connectivity index (χ1) is 24.3. The number of hydrogen-bond donors (Lipinski definition) is 4. The van der Waals surface area contributed by atoms with Crippen LogP contribution in [-0.4, -0.2) is 56.8 Å². The SMILES string of the molecule is CCNP(=O)(CC(c1nc2ccc(C(=O)CCOc3ccc(-c4ccc(C(F)(F)F)cc4)cc3)cc2cc1OC)P(=O)(NCC)NCC)NCC. The maximum absolute atomic E-state index is 14.5. The largest absolute Gasteiger partial charge is 0.495 e. The van der Waals surface area contributed by atoms with Gasteiger partial charge in [0.05, 0.1) is 36.1 Å². The number of halogens is 3. The third-order valence-electron chi connectivity index (χ3n) is 8.14. The smallest absolute Gasteiger partial charge is 0.416 e. The van der Waals surface area contributed by atoms with E-state index in [9.17, 15) is 27.1 Å². The molecule has 0 fully saturated rings. The van der Waals surface area contributed by atoms with E-state index in [1.54, 1.807) is 48.5 Å². The lowest BCUT2D eigenvalue weighted by atomic mass is 10.0. The van der Waals surface area contributed by atoms with Gasteiger partial charge in [-0.1, -0.05) is 52.0 Å². The Hall–Kier alpha value is -3.57. The van der Waals surface area contributed by atoms with E-state index in [4.69, 9.17) is 14.5 Å². The summed E-state index contributed by atoms with van der Waals surface area (Å²) in [4.78, 5) is 18.1. The number of benzene rings is 3. The van der Waals surface area contributed by atoms with Crippen molar-refractivity contribution in [2.24, 2.45) is 0 Å². The molecule has 0 aliphatic heterocycles. The van der Waals surface area contributed by atoms with Gasteiger partial charge in [-0.2, -0.15) is 13.2 Å². The monoisotopic (exact) mass is 747 g/mol. The number of ether oxygens (including phenoxy) is 2. The fourth-order valence-corrected chi connectivity index (χ4v) is 11.5. The van der Waals surface area contributed by atoms with Crippen LogP contribution in [0, 0.1) is 0 Å². The zero-order chi connectivity index (χ0) is 37.2. The Morgan fingerprint density at radius 2 is 1.37 bits per heavy atom. The van der Waals surface area contributed by atoms with Crippen molar-refractivity contribution in [1.29, 1.82) is 0 Å². The van der Waals surface area contributed by atoms with Crippen LogP contribution < -0.4 is 29.8 Å². The van der Waals surface area contributed by atoms with Crippen LogP contribution in [0.5, 0.6) is 11.5 Å². The summed E-state index contributed by atoms with van der Waals surface area (Å²) in [6.07, 6.45) is -4.29. The highest BCUT2D eigenvalue weighted by molar-refractivity contribution is 7.64. The lowest BCUT2D eigenvalue weighted by molar-refractivity contribution is -0.137. The topological polar surface area (TPSA) is 131 Å². The van der Waals surface area contributed by atoms with E-state index in [1.807, 2.05) is 27.7 Å². The summed E-state index contributed by atoms with van der Waals surface area (Å²) in [6.45, 7) is 9.26. The molecular weight excluding hydrogens is 701 g/mol. The third-order valence-corrected chi connectivity index (χ3v) is 13.8. The van der Waals surface area contributed by atoms with E-state index in [0.717, 1.165) is 17.7 Å². The summed E-state index contributed by atoms with van der Waals surface area (Å²) >= 11 is 0. The van der Waals surface area contributed by atoms with Crippen LogP contribution >= 0.6 is 14.9 Å². The molecule has 1 heterocycles. The van der Waals surface area contributed by atoms with E-state index in [2.05, 4.69) is 20.3 Å². The molecule has 1 atom stereocenters. The molecule has 1 aromatic heterocycles. The number of nitrogens with one attached hydrogen (secondary N) is 4. The summed E-state index contributed by atoms with van der Waals surface area (Å²) in [5, 5.41) is 13.0. The molecule has 0 aliphatic rings. The summed E-state index contributed by atoms with van der Waals surface area (Å²) in [5.41, 5.74) is 1.25. The Balaban J connectivity index is 1.52. The van der Waals surface area contributed by atoms with Crippen molar-refractivity contribution in [2.45, 2.75) is 46.0 Å². The van der Waals surface area contributed by atoms with E-state index in [-0.39, 0.29) is 25.0 Å². The number of carbonyl (C=O) groups is 1. The maximum Gasteiger partial charge on any atom is 0.416 e. The minimum Gasteiger partial charge on any atom is -0.495 e. The number of fused-ring (bicyclic) bond motifs is 1. The molecule has 4 rings (SSSR count). The highest BCUT2D eigenvalue weighted by Gasteiger charge is 2.41. The average molecular weight is 748 g/mol. The van der Waals surface area contributed by atoms with Crippen LogP contribution in [0.4, 0.5) is 13.2 Å². The Kier molecular flexibility index (Phi) is 14.0. The van der Waals surface area contributed by atoms with Crippen molar-refractivity contribution in [3.05, 3.63) is 89.6 Å². The van der Waals surface area contributed by atoms with Gasteiger partial charge in [0.15, 0.2) is 5.78 Å². The number of Topliss-reactive ketones (excluding diaryl/α,β-unsaturated/α-hetero) is 1. The van der Waals surface area contributed by atoms with Gasteiger partial charge in [-0.3, -0.25) is 34.3 Å². The molecule has 0 aliphatic carbocycles. The normalized spacial score (nSPS) is 12.9. The quantitative estimate of drug-likeness (QED) is 0.0548. The molecule has 4 N–H and O–H groups in total. The van der Waals surface area contributed by atoms with Crippen molar-refractivity contribution < 1.29 is 36.6 Å². The van der Waals surface area contributed by atoms with Crippen molar-refractivity contribution in [2.75, 3.05) is 46.1 Å². The molecule has 276 valence electrons. The second-order valence-electron chi connectivity index (χ2n) is 11.7. The minimum atomic E-state index is -4.39. The van der Waals surface area contributed by atoms with Crippen LogP contribution in [0.1, 0.15) is 61.4 Å². The third kappa shape index (κ3) is 10.3. The van der Waals surface area contributed by atoms with Crippen molar-refractivity contribution in [3.8, 4) is 22.6 Å². The molecule has 0 amide bonds. The van der Waals surface area contributed by atoms with Gasteiger partial charge in [0.2, 0.25) is 14.9 Å². The number of carbonyl (C=O) groups excluding carboxylic acids is 1. The van der Waals surface area contributed by atoms with E-state index < -0.39 is 32.3 Å². The van der Waals surface area contributed by atoms with Gasteiger partial charge in [-0.05, 0) is 85.8 Å².